The number of hydroxylamine groups is 1. The number of hydrogen-bond donors (Lipinski definition) is 4. The second-order valence-corrected chi connectivity index (χ2v) is 12.4. The molecule has 4 rings (SSSR count). The van der Waals surface area contributed by atoms with Crippen molar-refractivity contribution < 1.29 is 14.4 Å². The fourth-order valence-corrected chi connectivity index (χ4v) is 6.07. The zero-order valence-corrected chi connectivity index (χ0v) is 28.1. The van der Waals surface area contributed by atoms with Gasteiger partial charge in [0, 0.05) is 29.9 Å². The van der Waals surface area contributed by atoms with Gasteiger partial charge in [-0.15, -0.1) is 0 Å². The summed E-state index contributed by atoms with van der Waals surface area (Å²) in [6, 6.07) is 7.72. The van der Waals surface area contributed by atoms with Gasteiger partial charge in [-0.2, -0.15) is 18.1 Å². The Hall–Kier alpha value is -1.41. The molecule has 0 spiro atoms. The molecule has 3 aliphatic carbocycles. The van der Waals surface area contributed by atoms with Crippen LogP contribution in [-0.2, 0) is 16.2 Å². The summed E-state index contributed by atoms with van der Waals surface area (Å²) in [7, 11) is 0. The molecule has 0 heterocycles. The maximum atomic E-state index is 11.3. The number of amides is 1. The molecule has 3 saturated carbocycles. The molecule has 1 amide bonds. The van der Waals surface area contributed by atoms with Crippen LogP contribution in [0.3, 0.4) is 0 Å². The van der Waals surface area contributed by atoms with Gasteiger partial charge in [-0.05, 0) is 87.8 Å². The first kappa shape index (κ1) is 38.6. The van der Waals surface area contributed by atoms with Crippen molar-refractivity contribution in [3.63, 3.8) is 0 Å². The van der Waals surface area contributed by atoms with Crippen molar-refractivity contribution in [2.45, 2.75) is 131 Å². The number of carbonyl (C=O) groups is 2. The third-order valence-corrected chi connectivity index (χ3v) is 9.36. The summed E-state index contributed by atoms with van der Waals surface area (Å²) >= 11 is 4.86. The van der Waals surface area contributed by atoms with Crippen LogP contribution in [0.1, 0.15) is 124 Å². The number of aldehydes is 1. The Labute approximate surface area is 251 Å². The molecule has 6 atom stereocenters. The predicted octanol–water partition coefficient (Wildman–Crippen LogP) is 7.36. The standard InChI is InChI=1S/C19H37NOS.C10H14N2O.C2H4O.C2H6/c1-7-13(2)9-8-10-14(3)20-21-19(6)16-11-15(12-17(19)22)18(16,4)5;1-2-12-10(13)9-5-3-8(7-11)4-6-9;1-2-3;1-2/h13-17,20,22H,7-12H2,1-6H3;3-6H,2,7,11H2,1H3,(H,12,13);2H,1H3;1-2H3. The van der Waals surface area contributed by atoms with Crippen molar-refractivity contribution in [1.82, 2.24) is 10.8 Å². The van der Waals surface area contributed by atoms with E-state index in [1.54, 1.807) is 12.1 Å². The van der Waals surface area contributed by atoms with Gasteiger partial charge in [-0.25, -0.2) is 0 Å². The smallest absolute Gasteiger partial charge is 0.251 e. The molecule has 3 fully saturated rings. The van der Waals surface area contributed by atoms with Crippen molar-refractivity contribution in [2.75, 3.05) is 6.54 Å². The van der Waals surface area contributed by atoms with E-state index in [-0.39, 0.29) is 11.5 Å². The number of hydrogen-bond acceptors (Lipinski definition) is 6. The Kier molecular flexibility index (Phi) is 19.0. The first-order valence-corrected chi connectivity index (χ1v) is 16.0. The lowest BCUT2D eigenvalue weighted by atomic mass is 9.44. The summed E-state index contributed by atoms with van der Waals surface area (Å²) in [5.41, 5.74) is 10.8. The van der Waals surface area contributed by atoms with Gasteiger partial charge in [0.2, 0.25) is 0 Å². The molecule has 4 N–H and O–H groups in total. The quantitative estimate of drug-likeness (QED) is 0.125. The minimum absolute atomic E-state index is 0.0360. The van der Waals surface area contributed by atoms with Crippen LogP contribution in [0.4, 0.5) is 0 Å². The lowest BCUT2D eigenvalue weighted by Crippen LogP contribution is -2.67. The van der Waals surface area contributed by atoms with Gasteiger partial charge in [0.25, 0.3) is 5.91 Å². The summed E-state index contributed by atoms with van der Waals surface area (Å²) in [4.78, 5) is 26.4. The Morgan fingerprint density at radius 1 is 1.12 bits per heavy atom. The van der Waals surface area contributed by atoms with E-state index in [4.69, 9.17) is 28.0 Å². The van der Waals surface area contributed by atoms with Crippen LogP contribution in [0, 0.1) is 23.2 Å². The molecule has 1 aromatic carbocycles. The summed E-state index contributed by atoms with van der Waals surface area (Å²) in [6.45, 7) is 22.4. The van der Waals surface area contributed by atoms with Gasteiger partial charge in [0.05, 0.1) is 0 Å². The molecule has 0 saturated heterocycles. The second-order valence-electron chi connectivity index (χ2n) is 11.8. The average molecular weight is 580 g/mol. The molecular formula is C33H61N3O3S. The number of thiol groups is 1. The first-order chi connectivity index (χ1) is 18.9. The summed E-state index contributed by atoms with van der Waals surface area (Å²) in [5.74, 6) is 2.27. The lowest BCUT2D eigenvalue weighted by molar-refractivity contribution is -0.241. The topological polar surface area (TPSA) is 93.5 Å². The van der Waals surface area contributed by atoms with Crippen LogP contribution in [-0.4, -0.2) is 35.6 Å². The van der Waals surface area contributed by atoms with Crippen LogP contribution < -0.4 is 16.5 Å². The van der Waals surface area contributed by atoms with E-state index in [0.29, 0.717) is 41.3 Å². The largest absolute Gasteiger partial charge is 0.352 e. The SMILES string of the molecule is CC.CC=O.CCC(C)CCCC(C)NOC1(C)C(S)CC2CC1C2(C)C.CCNC(=O)c1ccc(CN)cc1. The van der Waals surface area contributed by atoms with E-state index in [9.17, 15) is 4.79 Å². The highest BCUT2D eigenvalue weighted by Crippen LogP contribution is 2.64. The third-order valence-electron chi connectivity index (χ3n) is 8.63. The maximum Gasteiger partial charge on any atom is 0.251 e. The Morgan fingerprint density at radius 3 is 2.17 bits per heavy atom. The molecule has 6 unspecified atom stereocenters. The van der Waals surface area contributed by atoms with Gasteiger partial charge in [-0.1, -0.05) is 72.9 Å². The minimum atomic E-state index is -0.133. The number of nitrogens with two attached hydrogens (primary N) is 1. The van der Waals surface area contributed by atoms with Gasteiger partial charge >= 0.3 is 0 Å². The van der Waals surface area contributed by atoms with E-state index in [2.05, 4.69) is 52.3 Å². The summed E-state index contributed by atoms with van der Waals surface area (Å²) < 4.78 is 0. The molecule has 2 bridgehead atoms. The van der Waals surface area contributed by atoms with Crippen molar-refractivity contribution >= 4 is 24.8 Å². The predicted molar refractivity (Wildman–Crippen MR) is 174 cm³/mol. The number of rotatable bonds is 11. The average Bonchev–Trinajstić information content (AvgIpc) is 2.95. The van der Waals surface area contributed by atoms with E-state index in [0.717, 1.165) is 23.7 Å². The molecule has 1 aromatic rings. The molecule has 0 radical (unpaired) electrons. The second kappa shape index (κ2) is 19.7. The number of nitrogens with one attached hydrogen (secondary N) is 2. The monoisotopic (exact) mass is 579 g/mol. The van der Waals surface area contributed by atoms with Crippen LogP contribution in [0.15, 0.2) is 24.3 Å². The summed E-state index contributed by atoms with van der Waals surface area (Å²) in [5, 5.41) is 3.08. The highest BCUT2D eigenvalue weighted by atomic mass is 32.1. The van der Waals surface area contributed by atoms with Crippen molar-refractivity contribution in [3.8, 4) is 0 Å². The van der Waals surface area contributed by atoms with Crippen LogP contribution in [0.2, 0.25) is 0 Å². The van der Waals surface area contributed by atoms with Gasteiger partial charge < -0.3 is 15.8 Å². The Morgan fingerprint density at radius 2 is 1.70 bits per heavy atom. The van der Waals surface area contributed by atoms with E-state index >= 15 is 0 Å². The van der Waals surface area contributed by atoms with Gasteiger partial charge in [0.15, 0.2) is 0 Å². The number of benzene rings is 1. The molecule has 7 heteroatoms. The maximum absolute atomic E-state index is 11.3. The Bertz CT molecular complexity index is 833. The number of fused-ring (bicyclic) bond motifs is 2. The van der Waals surface area contributed by atoms with Gasteiger partial charge in [0.1, 0.15) is 11.9 Å². The molecule has 0 aromatic heterocycles. The zero-order valence-electron chi connectivity index (χ0n) is 27.2. The molecule has 3 aliphatic rings. The highest BCUT2D eigenvalue weighted by Gasteiger charge is 2.63. The normalized spacial score (nSPS) is 25.1. The van der Waals surface area contributed by atoms with Crippen LogP contribution in [0.5, 0.6) is 0 Å². The van der Waals surface area contributed by atoms with Crippen LogP contribution >= 0.6 is 12.6 Å². The first-order valence-electron chi connectivity index (χ1n) is 15.5. The Balaban J connectivity index is 0.000000717. The van der Waals surface area contributed by atoms with E-state index in [1.165, 1.54) is 45.4 Å². The summed E-state index contributed by atoms with van der Waals surface area (Å²) in [6.07, 6.45) is 8.33. The molecule has 0 aliphatic heterocycles. The fourth-order valence-electron chi connectivity index (χ4n) is 5.58. The fraction of sp³-hybridized carbons (Fsp3) is 0.758. The molecule has 6 nitrogen and oxygen atoms in total. The van der Waals surface area contributed by atoms with E-state index < -0.39 is 0 Å². The minimum Gasteiger partial charge on any atom is -0.352 e. The van der Waals surface area contributed by atoms with Crippen molar-refractivity contribution in [3.05, 3.63) is 35.4 Å². The van der Waals surface area contributed by atoms with Crippen molar-refractivity contribution in [1.29, 1.82) is 0 Å². The molecular weight excluding hydrogens is 518 g/mol. The molecule has 40 heavy (non-hydrogen) atoms. The lowest BCUT2D eigenvalue weighted by Gasteiger charge is -2.65. The van der Waals surface area contributed by atoms with Crippen LogP contribution in [0.25, 0.3) is 0 Å². The number of carbonyl (C=O) groups excluding carboxylic acids is 2. The third kappa shape index (κ3) is 11.5. The van der Waals surface area contributed by atoms with Crippen molar-refractivity contribution in [2.24, 2.45) is 28.9 Å². The van der Waals surface area contributed by atoms with Gasteiger partial charge in [-0.3, -0.25) is 9.63 Å². The zero-order chi connectivity index (χ0) is 30.9. The highest BCUT2D eigenvalue weighted by molar-refractivity contribution is 7.81. The van der Waals surface area contributed by atoms with E-state index in [1.807, 2.05) is 32.9 Å². The molecule has 232 valence electrons.